The smallest absolute Gasteiger partial charge is 0.184 e. The average Bonchev–Trinajstić information content (AvgIpc) is 2.42. The number of nitriles is 1. The Morgan fingerprint density at radius 2 is 1.80 bits per heavy atom. The molecule has 0 amide bonds. The Morgan fingerprint density at radius 3 is 2.35 bits per heavy atom. The third-order valence-corrected chi connectivity index (χ3v) is 3.51. The van der Waals surface area contributed by atoms with Crippen molar-refractivity contribution in [2.75, 3.05) is 0 Å². The molecule has 0 N–H and O–H groups in total. The summed E-state index contributed by atoms with van der Waals surface area (Å²) in [7, 11) is 0. The molecule has 0 bridgehead atoms. The molecule has 0 fully saturated rings. The Kier molecular flexibility index (Phi) is 4.45. The van der Waals surface area contributed by atoms with Crippen LogP contribution in [-0.2, 0) is 0 Å². The number of rotatable bonds is 3. The zero-order valence-corrected chi connectivity index (χ0v) is 12.3. The van der Waals surface area contributed by atoms with Gasteiger partial charge in [-0.25, -0.2) is 8.78 Å². The first-order chi connectivity index (χ1) is 9.52. The Hall–Kier alpha value is -1.81. The molecule has 1 atom stereocenters. The van der Waals surface area contributed by atoms with Crippen LogP contribution >= 0.6 is 22.6 Å². The molecule has 0 heterocycles. The summed E-state index contributed by atoms with van der Waals surface area (Å²) < 4.78 is 27.5. The summed E-state index contributed by atoms with van der Waals surface area (Å²) in [6.07, 6.45) is 0. The van der Waals surface area contributed by atoms with Crippen molar-refractivity contribution in [3.8, 4) is 6.07 Å². The van der Waals surface area contributed by atoms with Crippen LogP contribution in [0.15, 0.2) is 42.5 Å². The summed E-state index contributed by atoms with van der Waals surface area (Å²) in [5.74, 6) is -3.43. The van der Waals surface area contributed by atoms with Crippen molar-refractivity contribution in [2.45, 2.75) is 5.92 Å². The quantitative estimate of drug-likeness (QED) is 0.593. The van der Waals surface area contributed by atoms with Gasteiger partial charge in [-0.2, -0.15) is 5.26 Å². The van der Waals surface area contributed by atoms with E-state index in [1.165, 1.54) is 0 Å². The molecule has 0 aliphatic carbocycles. The van der Waals surface area contributed by atoms with Gasteiger partial charge in [-0.1, -0.05) is 18.2 Å². The van der Waals surface area contributed by atoms with Crippen molar-refractivity contribution in [2.24, 2.45) is 0 Å². The molecule has 0 spiro atoms. The summed E-state index contributed by atoms with van der Waals surface area (Å²) in [6.45, 7) is 0. The summed E-state index contributed by atoms with van der Waals surface area (Å²) in [6, 6.07) is 11.2. The lowest BCUT2D eigenvalue weighted by Crippen LogP contribution is -2.13. The van der Waals surface area contributed by atoms with E-state index in [-0.39, 0.29) is 5.56 Å². The maximum absolute atomic E-state index is 13.7. The van der Waals surface area contributed by atoms with Crippen LogP contribution < -0.4 is 0 Å². The van der Waals surface area contributed by atoms with Gasteiger partial charge in [-0.15, -0.1) is 0 Å². The third-order valence-electron chi connectivity index (χ3n) is 2.79. The van der Waals surface area contributed by atoms with Crippen LogP contribution in [0.1, 0.15) is 21.8 Å². The molecular weight excluding hydrogens is 375 g/mol. The normalized spacial score (nSPS) is 11.7. The molecule has 20 heavy (non-hydrogen) atoms. The van der Waals surface area contributed by atoms with Crippen LogP contribution in [0.2, 0.25) is 0 Å². The number of hydrogen-bond donors (Lipinski definition) is 0. The minimum Gasteiger partial charge on any atom is -0.292 e. The van der Waals surface area contributed by atoms with E-state index in [0.717, 1.165) is 15.7 Å². The summed E-state index contributed by atoms with van der Waals surface area (Å²) in [5, 5.41) is 9.13. The monoisotopic (exact) mass is 383 g/mol. The fourth-order valence-corrected chi connectivity index (χ4v) is 2.15. The highest BCUT2D eigenvalue weighted by atomic mass is 127. The molecule has 0 saturated carbocycles. The van der Waals surface area contributed by atoms with E-state index in [0.29, 0.717) is 11.6 Å². The van der Waals surface area contributed by atoms with Crippen LogP contribution in [0.3, 0.4) is 0 Å². The summed E-state index contributed by atoms with van der Waals surface area (Å²) >= 11 is 2.09. The van der Waals surface area contributed by atoms with Gasteiger partial charge in [0.05, 0.1) is 6.07 Å². The molecule has 0 radical (unpaired) electrons. The van der Waals surface area contributed by atoms with Crippen molar-refractivity contribution < 1.29 is 13.6 Å². The van der Waals surface area contributed by atoms with Crippen molar-refractivity contribution in [3.05, 3.63) is 68.8 Å². The second kappa shape index (κ2) is 6.09. The lowest BCUT2D eigenvalue weighted by Gasteiger charge is -2.10. The Labute approximate surface area is 128 Å². The highest BCUT2D eigenvalue weighted by Gasteiger charge is 2.24. The van der Waals surface area contributed by atoms with E-state index >= 15 is 0 Å². The Balaban J connectivity index is 2.40. The number of halogens is 3. The maximum atomic E-state index is 13.7. The molecule has 2 aromatic carbocycles. The minimum atomic E-state index is -1.28. The van der Waals surface area contributed by atoms with E-state index in [1.54, 1.807) is 30.3 Å². The highest BCUT2D eigenvalue weighted by Crippen LogP contribution is 2.24. The second-order valence-corrected chi connectivity index (χ2v) is 5.34. The minimum absolute atomic E-state index is 0.113. The standard InChI is InChI=1S/C15H8F2INO/c16-10-3-6-12(14(17)7-10)13(8-19)15(20)9-1-4-11(18)5-2-9/h1-7,13H. The molecule has 0 saturated heterocycles. The first-order valence-electron chi connectivity index (χ1n) is 5.67. The SMILES string of the molecule is N#CC(C(=O)c1ccc(I)cc1)c1ccc(F)cc1F. The van der Waals surface area contributed by atoms with Gasteiger partial charge >= 0.3 is 0 Å². The van der Waals surface area contributed by atoms with Crippen LogP contribution in [0.25, 0.3) is 0 Å². The molecule has 0 aliphatic heterocycles. The predicted molar refractivity (Wildman–Crippen MR) is 78.2 cm³/mol. The lowest BCUT2D eigenvalue weighted by molar-refractivity contribution is 0.0977. The van der Waals surface area contributed by atoms with E-state index in [1.807, 2.05) is 0 Å². The first kappa shape index (κ1) is 14.6. The van der Waals surface area contributed by atoms with Crippen LogP contribution in [0.4, 0.5) is 8.78 Å². The molecule has 2 rings (SSSR count). The lowest BCUT2D eigenvalue weighted by atomic mass is 9.91. The van der Waals surface area contributed by atoms with Crippen molar-refractivity contribution in [3.63, 3.8) is 0 Å². The van der Waals surface area contributed by atoms with E-state index in [9.17, 15) is 13.6 Å². The van der Waals surface area contributed by atoms with E-state index < -0.39 is 23.3 Å². The molecule has 100 valence electrons. The molecule has 0 aromatic heterocycles. The molecule has 5 heteroatoms. The molecule has 2 nitrogen and oxygen atoms in total. The molecule has 0 aliphatic rings. The summed E-state index contributed by atoms with van der Waals surface area (Å²) in [5.41, 5.74) is 0.207. The third kappa shape index (κ3) is 3.02. The average molecular weight is 383 g/mol. The largest absolute Gasteiger partial charge is 0.292 e. The predicted octanol–water partition coefficient (Wildman–Crippen LogP) is 4.06. The fourth-order valence-electron chi connectivity index (χ4n) is 1.79. The van der Waals surface area contributed by atoms with Crippen LogP contribution in [0, 0.1) is 26.5 Å². The highest BCUT2D eigenvalue weighted by molar-refractivity contribution is 14.1. The van der Waals surface area contributed by atoms with Gasteiger partial charge < -0.3 is 0 Å². The van der Waals surface area contributed by atoms with Crippen LogP contribution in [0.5, 0.6) is 0 Å². The van der Waals surface area contributed by atoms with Crippen molar-refractivity contribution in [1.29, 1.82) is 5.26 Å². The van der Waals surface area contributed by atoms with Gasteiger partial charge in [0.15, 0.2) is 5.78 Å². The second-order valence-electron chi connectivity index (χ2n) is 4.10. The van der Waals surface area contributed by atoms with Gasteiger partial charge in [0.2, 0.25) is 0 Å². The molecular formula is C15H8F2INO. The van der Waals surface area contributed by atoms with Crippen molar-refractivity contribution >= 4 is 28.4 Å². The number of carbonyl (C=O) groups excluding carboxylic acids is 1. The van der Waals surface area contributed by atoms with Gasteiger partial charge in [0, 0.05) is 20.8 Å². The van der Waals surface area contributed by atoms with Crippen molar-refractivity contribution in [1.82, 2.24) is 0 Å². The number of ketones is 1. The van der Waals surface area contributed by atoms with Gasteiger partial charge in [-0.05, 0) is 40.8 Å². The number of Topliss-reactive ketones (excluding diaryl/α,β-unsaturated/α-hetero) is 1. The topological polar surface area (TPSA) is 40.9 Å². The zero-order chi connectivity index (χ0) is 14.7. The van der Waals surface area contributed by atoms with Gasteiger partial charge in [0.25, 0.3) is 0 Å². The Morgan fingerprint density at radius 1 is 1.15 bits per heavy atom. The number of nitrogens with zero attached hydrogens (tertiary/aromatic N) is 1. The number of benzene rings is 2. The number of carbonyl (C=O) groups is 1. The van der Waals surface area contributed by atoms with Gasteiger partial charge in [0.1, 0.15) is 17.6 Å². The Bertz CT molecular complexity index is 692. The van der Waals surface area contributed by atoms with Gasteiger partial charge in [-0.3, -0.25) is 4.79 Å². The van der Waals surface area contributed by atoms with E-state index in [4.69, 9.17) is 5.26 Å². The molecule has 1 unspecified atom stereocenters. The zero-order valence-electron chi connectivity index (χ0n) is 10.1. The van der Waals surface area contributed by atoms with Crippen LogP contribution in [-0.4, -0.2) is 5.78 Å². The van der Waals surface area contributed by atoms with E-state index in [2.05, 4.69) is 22.6 Å². The number of hydrogen-bond acceptors (Lipinski definition) is 2. The first-order valence-corrected chi connectivity index (χ1v) is 6.75. The maximum Gasteiger partial charge on any atom is 0.184 e. The molecule has 2 aromatic rings. The summed E-state index contributed by atoms with van der Waals surface area (Å²) in [4.78, 5) is 12.2. The fraction of sp³-hybridized carbons (Fsp3) is 0.0667.